The van der Waals surface area contributed by atoms with Gasteiger partial charge in [-0.15, -0.1) is 0 Å². The van der Waals surface area contributed by atoms with E-state index in [4.69, 9.17) is 0 Å². The van der Waals surface area contributed by atoms with E-state index in [1.165, 1.54) is 0 Å². The topological polar surface area (TPSA) is 321 Å². The van der Waals surface area contributed by atoms with Crippen LogP contribution in [0.5, 0.6) is 11.5 Å². The number of aromatic nitrogens is 3. The summed E-state index contributed by atoms with van der Waals surface area (Å²) >= 11 is 0. The van der Waals surface area contributed by atoms with Gasteiger partial charge in [-0.1, -0.05) is 0 Å². The fraction of sp³-hybridized carbons (Fsp3) is 0. The summed E-state index contributed by atoms with van der Waals surface area (Å²) in [5.74, 6) is -2.29. The Bertz CT molecular complexity index is 2380. The zero-order valence-electron chi connectivity index (χ0n) is 22.1. The third-order valence-corrected chi connectivity index (χ3v) is 9.53. The maximum atomic E-state index is 11.9. The summed E-state index contributed by atoms with van der Waals surface area (Å²) in [6, 6.07) is 6.29. The van der Waals surface area contributed by atoms with Crippen LogP contribution in [0.25, 0.3) is 21.5 Å². The van der Waals surface area contributed by atoms with Crippen LogP contribution in [0.15, 0.2) is 74.4 Å². The van der Waals surface area contributed by atoms with Crippen molar-refractivity contribution in [1.29, 1.82) is 0 Å². The molecule has 0 aliphatic carbocycles. The number of nitrogens with one attached hydrogen (secondary N) is 2. The largest absolute Gasteiger partial charge is 0.507 e. The molecule has 23 heteroatoms. The Morgan fingerprint density at radius 1 is 0.478 bits per heavy atom. The first-order valence-electron chi connectivity index (χ1n) is 11.9. The second kappa shape index (κ2) is 11.0. The summed E-state index contributed by atoms with van der Waals surface area (Å²) in [6.45, 7) is 0. The number of anilines is 4. The molecule has 0 unspecified atom stereocenters. The van der Waals surface area contributed by atoms with Gasteiger partial charge in [-0.3, -0.25) is 18.2 Å². The number of phenols is 2. The number of rotatable bonds is 8. The Balaban J connectivity index is 1.64. The highest BCUT2D eigenvalue weighted by atomic mass is 32.2. The van der Waals surface area contributed by atoms with Crippen LogP contribution in [0, 0.1) is 0 Å². The van der Waals surface area contributed by atoms with E-state index in [0.29, 0.717) is 12.1 Å². The highest BCUT2D eigenvalue weighted by molar-refractivity contribution is 7.86. The first-order valence-corrected chi connectivity index (χ1v) is 17.6. The molecule has 46 heavy (non-hydrogen) atoms. The molecule has 0 radical (unpaired) electrons. The van der Waals surface area contributed by atoms with Gasteiger partial charge >= 0.3 is 0 Å². The predicted molar refractivity (Wildman–Crippen MR) is 157 cm³/mol. The fourth-order valence-electron chi connectivity index (χ4n) is 4.33. The Morgan fingerprint density at radius 3 is 1.09 bits per heavy atom. The molecule has 0 amide bonds. The number of benzene rings is 4. The maximum Gasteiger partial charge on any atom is 0.294 e. The molecule has 0 aliphatic rings. The Morgan fingerprint density at radius 2 is 0.783 bits per heavy atom. The van der Waals surface area contributed by atoms with Crippen molar-refractivity contribution in [2.75, 3.05) is 10.6 Å². The maximum absolute atomic E-state index is 11.9. The number of phenolic OH excluding ortho intramolecular Hbond substituents is 2. The van der Waals surface area contributed by atoms with Gasteiger partial charge in [0.2, 0.25) is 11.9 Å². The number of hydrogen-bond acceptors (Lipinski definition) is 15. The summed E-state index contributed by atoms with van der Waals surface area (Å²) < 4.78 is 132. The standard InChI is InChI=1S/C23H17N5O14S4/c29-18-7-14(45(37,38)39)3-10-1-12(43(31,32)33)5-16(20(10)18)26-22-24-9-25-23(28-22)27-17-6-13(44(34,35)36)2-11-4-15(46(40,41)42)8-19(30)21(11)17/h1-9,29-30H,(H,31,32,33)(H,34,35,36)(H,37,38,39)(H,40,41,42)(H2,24,25,26,27,28). The number of nitrogens with zero attached hydrogens (tertiary/aromatic N) is 3. The van der Waals surface area contributed by atoms with Crippen molar-refractivity contribution in [3.8, 4) is 11.5 Å². The predicted octanol–water partition coefficient (Wildman–Crippen LogP) is 2.06. The van der Waals surface area contributed by atoms with Crippen molar-refractivity contribution in [3.05, 3.63) is 54.9 Å². The van der Waals surface area contributed by atoms with E-state index in [1.807, 2.05) is 0 Å². The molecule has 0 aliphatic heterocycles. The molecule has 0 atom stereocenters. The quantitative estimate of drug-likeness (QED) is 0.107. The van der Waals surface area contributed by atoms with Gasteiger partial charge in [-0.2, -0.15) is 38.7 Å². The third kappa shape index (κ3) is 6.60. The molecule has 8 N–H and O–H groups in total. The van der Waals surface area contributed by atoms with Crippen molar-refractivity contribution in [3.63, 3.8) is 0 Å². The minimum Gasteiger partial charge on any atom is -0.507 e. The number of aromatic hydroxyl groups is 2. The molecule has 5 rings (SSSR count). The van der Waals surface area contributed by atoms with Gasteiger partial charge in [0.05, 0.1) is 31.0 Å². The van der Waals surface area contributed by atoms with E-state index in [1.54, 1.807) is 0 Å². The van der Waals surface area contributed by atoms with E-state index < -0.39 is 83.5 Å². The third-order valence-electron chi connectivity index (χ3n) is 6.21. The Labute approximate surface area is 258 Å². The van der Waals surface area contributed by atoms with Crippen LogP contribution in [0.2, 0.25) is 0 Å². The molecule has 0 saturated heterocycles. The van der Waals surface area contributed by atoms with Crippen LogP contribution in [0.4, 0.5) is 23.3 Å². The summed E-state index contributed by atoms with van der Waals surface area (Å²) in [4.78, 5) is 8.61. The highest BCUT2D eigenvalue weighted by Gasteiger charge is 2.22. The van der Waals surface area contributed by atoms with Gasteiger partial charge in [0.25, 0.3) is 40.5 Å². The smallest absolute Gasteiger partial charge is 0.294 e. The zero-order chi connectivity index (χ0) is 34.0. The fourth-order valence-corrected chi connectivity index (χ4v) is 6.49. The molecule has 242 valence electrons. The molecule has 0 bridgehead atoms. The molecular formula is C23H17N5O14S4. The average Bonchev–Trinajstić information content (AvgIpc) is 2.90. The van der Waals surface area contributed by atoms with Crippen LogP contribution in [0.3, 0.4) is 0 Å². The minimum atomic E-state index is -4.92. The molecule has 1 heterocycles. The van der Waals surface area contributed by atoms with Crippen LogP contribution >= 0.6 is 0 Å². The summed E-state index contributed by atoms with van der Waals surface area (Å²) in [7, 11) is -19.6. The van der Waals surface area contributed by atoms with Crippen LogP contribution in [-0.4, -0.2) is 77.0 Å². The van der Waals surface area contributed by atoms with Gasteiger partial charge in [-0.25, -0.2) is 9.97 Å². The van der Waals surface area contributed by atoms with E-state index >= 15 is 0 Å². The minimum absolute atomic E-state index is 0.207. The van der Waals surface area contributed by atoms with E-state index in [0.717, 1.165) is 42.7 Å². The highest BCUT2D eigenvalue weighted by Crippen LogP contribution is 2.39. The average molecular weight is 716 g/mol. The van der Waals surface area contributed by atoms with Crippen LogP contribution < -0.4 is 10.6 Å². The van der Waals surface area contributed by atoms with Gasteiger partial charge < -0.3 is 20.8 Å². The lowest BCUT2D eigenvalue weighted by Gasteiger charge is -2.15. The first kappa shape index (κ1) is 32.6. The van der Waals surface area contributed by atoms with Gasteiger partial charge in [0, 0.05) is 22.9 Å². The Hall–Kier alpha value is -4.75. The van der Waals surface area contributed by atoms with Crippen molar-refractivity contribution in [2.45, 2.75) is 19.6 Å². The number of hydrogen-bond donors (Lipinski definition) is 8. The van der Waals surface area contributed by atoms with Crippen molar-refractivity contribution >= 4 is 85.3 Å². The lowest BCUT2D eigenvalue weighted by molar-refractivity contribution is 0.470. The van der Waals surface area contributed by atoms with Gasteiger partial charge in [0.15, 0.2) is 0 Å². The lowest BCUT2D eigenvalue weighted by atomic mass is 10.1. The monoisotopic (exact) mass is 715 g/mol. The summed E-state index contributed by atoms with van der Waals surface area (Å²) in [6.07, 6.45) is 0.897. The molecule has 0 spiro atoms. The molecule has 1 aromatic heterocycles. The lowest BCUT2D eigenvalue weighted by Crippen LogP contribution is -2.06. The normalized spacial score (nSPS) is 12.8. The van der Waals surface area contributed by atoms with E-state index in [9.17, 15) is 62.1 Å². The van der Waals surface area contributed by atoms with Gasteiger partial charge in [0.1, 0.15) is 17.8 Å². The van der Waals surface area contributed by atoms with E-state index in [2.05, 4.69) is 25.6 Å². The van der Waals surface area contributed by atoms with E-state index in [-0.39, 0.29) is 32.9 Å². The van der Waals surface area contributed by atoms with Crippen LogP contribution in [-0.2, 0) is 40.5 Å². The number of fused-ring (bicyclic) bond motifs is 2. The second-order valence-corrected chi connectivity index (χ2v) is 15.0. The SMILES string of the molecule is O=S(=O)(O)c1cc(O)c2c(Nc3ncnc(Nc4cc(S(=O)(=O)O)cc5cc(S(=O)(=O)O)cc(O)c45)n3)cc(S(=O)(=O)O)cc2c1. The van der Waals surface area contributed by atoms with Crippen molar-refractivity contribution in [1.82, 2.24) is 15.0 Å². The first-order chi connectivity index (χ1) is 21.1. The second-order valence-electron chi connectivity index (χ2n) is 9.31. The Kier molecular flexibility index (Phi) is 7.77. The van der Waals surface area contributed by atoms with Crippen LogP contribution in [0.1, 0.15) is 0 Å². The molecule has 0 saturated carbocycles. The van der Waals surface area contributed by atoms with Crippen molar-refractivity contribution < 1.29 is 62.1 Å². The molecule has 19 nitrogen and oxygen atoms in total. The van der Waals surface area contributed by atoms with Gasteiger partial charge in [-0.05, 0) is 47.2 Å². The molecule has 0 fully saturated rings. The van der Waals surface area contributed by atoms with Crippen molar-refractivity contribution in [2.24, 2.45) is 0 Å². The molecule has 4 aromatic carbocycles. The molecule has 5 aromatic rings. The molecular weight excluding hydrogens is 699 g/mol. The summed E-state index contributed by atoms with van der Waals surface area (Å²) in [5.41, 5.74) is -0.591. The zero-order valence-corrected chi connectivity index (χ0v) is 25.4. The summed E-state index contributed by atoms with van der Waals surface area (Å²) in [5, 5.41) is 25.3.